The van der Waals surface area contributed by atoms with Gasteiger partial charge in [-0.05, 0) is 87.2 Å². The molecular formula is C27H33ClFN3O3. The molecule has 0 radical (unpaired) electrons. The van der Waals surface area contributed by atoms with Gasteiger partial charge in [0.05, 0.1) is 18.1 Å². The van der Waals surface area contributed by atoms with Crippen LogP contribution in [0.4, 0.5) is 10.1 Å². The smallest absolute Gasteiger partial charge is 0.225 e. The molecule has 5 rings (SSSR count). The molecule has 6 nitrogen and oxygen atoms in total. The highest BCUT2D eigenvalue weighted by molar-refractivity contribution is 6.30. The first-order valence-electron chi connectivity index (χ1n) is 12.6. The Labute approximate surface area is 211 Å². The molecule has 0 unspecified atom stereocenters. The highest BCUT2D eigenvalue weighted by Gasteiger charge is 2.33. The van der Waals surface area contributed by atoms with Crippen molar-refractivity contribution in [3.8, 4) is 5.75 Å². The Bertz CT molecular complexity index is 1030. The summed E-state index contributed by atoms with van der Waals surface area (Å²) in [6.45, 7) is 3.81. The third-order valence-corrected chi connectivity index (χ3v) is 7.48. The van der Waals surface area contributed by atoms with Crippen LogP contribution in [0.2, 0.25) is 5.02 Å². The van der Waals surface area contributed by atoms with E-state index in [0.717, 1.165) is 57.4 Å². The maximum atomic E-state index is 14.7. The van der Waals surface area contributed by atoms with Crippen LogP contribution in [0.15, 0.2) is 42.5 Å². The minimum Gasteiger partial charge on any atom is -0.487 e. The SMILES string of the molecule is O=C(N[C@H](CN1CCCC1)[C@H](O)c1ccc(OC2CC2)c(F)c1)[C@@H]1CCN(c2ccc(Cl)cc2)C1. The van der Waals surface area contributed by atoms with E-state index in [0.29, 0.717) is 23.7 Å². The number of likely N-dealkylation sites (tertiary alicyclic amines) is 1. The van der Waals surface area contributed by atoms with Crippen LogP contribution in [0.25, 0.3) is 0 Å². The van der Waals surface area contributed by atoms with Gasteiger partial charge in [-0.2, -0.15) is 0 Å². The van der Waals surface area contributed by atoms with Crippen LogP contribution in [0.5, 0.6) is 5.75 Å². The van der Waals surface area contributed by atoms with Gasteiger partial charge in [-0.1, -0.05) is 17.7 Å². The Morgan fingerprint density at radius 3 is 2.54 bits per heavy atom. The number of halogens is 2. The van der Waals surface area contributed by atoms with E-state index in [2.05, 4.69) is 15.1 Å². The molecule has 2 N–H and O–H groups in total. The number of aliphatic hydroxyl groups excluding tert-OH is 1. The number of ether oxygens (including phenoxy) is 1. The van der Waals surface area contributed by atoms with E-state index in [1.165, 1.54) is 6.07 Å². The lowest BCUT2D eigenvalue weighted by atomic mass is 9.99. The quantitative estimate of drug-likeness (QED) is 0.540. The third-order valence-electron chi connectivity index (χ3n) is 7.23. The maximum Gasteiger partial charge on any atom is 0.225 e. The van der Waals surface area contributed by atoms with Crippen LogP contribution < -0.4 is 15.0 Å². The summed E-state index contributed by atoms with van der Waals surface area (Å²) in [6.07, 6.45) is 3.94. The molecule has 2 heterocycles. The van der Waals surface area contributed by atoms with E-state index in [9.17, 15) is 14.3 Å². The zero-order valence-electron chi connectivity index (χ0n) is 19.8. The number of nitrogens with one attached hydrogen (secondary N) is 1. The van der Waals surface area contributed by atoms with Crippen molar-refractivity contribution in [1.29, 1.82) is 0 Å². The number of nitrogens with zero attached hydrogens (tertiary/aromatic N) is 2. The molecule has 0 aromatic heterocycles. The fraction of sp³-hybridized carbons (Fsp3) is 0.519. The summed E-state index contributed by atoms with van der Waals surface area (Å²) in [6, 6.07) is 11.7. The minimum absolute atomic E-state index is 0.0705. The van der Waals surface area contributed by atoms with Gasteiger partial charge in [0.25, 0.3) is 0 Å². The highest BCUT2D eigenvalue weighted by Crippen LogP contribution is 2.31. The highest BCUT2D eigenvalue weighted by atomic mass is 35.5. The second kappa shape index (κ2) is 10.7. The molecule has 1 saturated carbocycles. The number of amides is 1. The van der Waals surface area contributed by atoms with Crippen LogP contribution in [-0.2, 0) is 4.79 Å². The monoisotopic (exact) mass is 501 g/mol. The fourth-order valence-electron chi connectivity index (χ4n) is 5.02. The molecular weight excluding hydrogens is 469 g/mol. The van der Waals surface area contributed by atoms with Crippen molar-refractivity contribution in [2.45, 2.75) is 50.4 Å². The molecule has 2 saturated heterocycles. The molecule has 2 aliphatic heterocycles. The first-order valence-corrected chi connectivity index (χ1v) is 13.0. The van der Waals surface area contributed by atoms with Crippen LogP contribution in [0.1, 0.15) is 43.8 Å². The second-order valence-electron chi connectivity index (χ2n) is 9.98. The predicted octanol–water partition coefficient (Wildman–Crippen LogP) is 4.16. The zero-order valence-corrected chi connectivity index (χ0v) is 20.6. The number of aliphatic hydroxyl groups is 1. The van der Waals surface area contributed by atoms with Crippen molar-refractivity contribution in [3.63, 3.8) is 0 Å². The Morgan fingerprint density at radius 2 is 1.86 bits per heavy atom. The summed E-state index contributed by atoms with van der Waals surface area (Å²) in [4.78, 5) is 17.7. The molecule has 2 aromatic carbocycles. The summed E-state index contributed by atoms with van der Waals surface area (Å²) in [5.74, 6) is -0.505. The minimum atomic E-state index is -1.02. The summed E-state index contributed by atoms with van der Waals surface area (Å²) in [5.41, 5.74) is 1.49. The summed E-state index contributed by atoms with van der Waals surface area (Å²) in [5, 5.41) is 15.0. The first kappa shape index (κ1) is 24.3. The van der Waals surface area contributed by atoms with E-state index in [1.54, 1.807) is 12.1 Å². The van der Waals surface area contributed by atoms with Crippen LogP contribution in [0, 0.1) is 11.7 Å². The molecule has 188 valence electrons. The molecule has 0 bridgehead atoms. The molecule has 35 heavy (non-hydrogen) atoms. The van der Waals surface area contributed by atoms with Gasteiger partial charge < -0.3 is 25.0 Å². The largest absolute Gasteiger partial charge is 0.487 e. The third kappa shape index (κ3) is 6.08. The second-order valence-corrected chi connectivity index (χ2v) is 10.4. The van der Waals surface area contributed by atoms with Crippen LogP contribution >= 0.6 is 11.6 Å². The van der Waals surface area contributed by atoms with Gasteiger partial charge in [0.15, 0.2) is 11.6 Å². The van der Waals surface area contributed by atoms with Gasteiger partial charge in [0.1, 0.15) is 6.10 Å². The summed E-state index contributed by atoms with van der Waals surface area (Å²) in [7, 11) is 0. The number of carbonyl (C=O) groups is 1. The van der Waals surface area contributed by atoms with E-state index in [-0.39, 0.29) is 23.7 Å². The molecule has 2 aromatic rings. The van der Waals surface area contributed by atoms with Gasteiger partial charge in [-0.25, -0.2) is 4.39 Å². The van der Waals surface area contributed by atoms with Crippen molar-refractivity contribution in [3.05, 3.63) is 58.9 Å². The van der Waals surface area contributed by atoms with Gasteiger partial charge in [-0.3, -0.25) is 4.79 Å². The number of hydrogen-bond donors (Lipinski definition) is 2. The normalized spacial score (nSPS) is 22.3. The predicted molar refractivity (Wildman–Crippen MR) is 134 cm³/mol. The Balaban J connectivity index is 1.26. The number of rotatable bonds is 9. The molecule has 3 fully saturated rings. The molecule has 3 aliphatic rings. The van der Waals surface area contributed by atoms with E-state index in [4.69, 9.17) is 16.3 Å². The van der Waals surface area contributed by atoms with Crippen LogP contribution in [0.3, 0.4) is 0 Å². The molecule has 1 amide bonds. The van der Waals surface area contributed by atoms with Gasteiger partial charge in [0.2, 0.25) is 5.91 Å². The number of hydrogen-bond acceptors (Lipinski definition) is 5. The summed E-state index contributed by atoms with van der Waals surface area (Å²) >= 11 is 6.01. The zero-order chi connectivity index (χ0) is 24.4. The van der Waals surface area contributed by atoms with Crippen LogP contribution in [-0.4, -0.2) is 60.8 Å². The van der Waals surface area contributed by atoms with Crippen molar-refractivity contribution < 1.29 is 19.0 Å². The average molecular weight is 502 g/mol. The molecule has 8 heteroatoms. The number of carbonyl (C=O) groups excluding carboxylic acids is 1. The standard InChI is InChI=1S/C27H33ClFN3O3/c28-20-4-6-21(7-5-20)32-14-11-19(16-32)27(34)30-24(17-31-12-1-2-13-31)26(33)18-3-10-25(23(29)15-18)35-22-8-9-22/h3-7,10,15,19,22,24,26,33H,1-2,8-9,11-14,16-17H2,(H,30,34)/t19-,24-,26-/m1/s1. The first-order chi connectivity index (χ1) is 17.0. The van der Waals surface area contributed by atoms with E-state index < -0.39 is 18.0 Å². The Hall–Kier alpha value is -2.35. The summed E-state index contributed by atoms with van der Waals surface area (Å²) < 4.78 is 20.3. The van der Waals surface area contributed by atoms with Gasteiger partial charge in [-0.15, -0.1) is 0 Å². The Kier molecular flexibility index (Phi) is 7.46. The molecule has 0 spiro atoms. The number of benzene rings is 2. The van der Waals surface area contributed by atoms with Gasteiger partial charge in [0, 0.05) is 30.3 Å². The van der Waals surface area contributed by atoms with Crippen molar-refractivity contribution in [2.24, 2.45) is 5.92 Å². The van der Waals surface area contributed by atoms with Gasteiger partial charge >= 0.3 is 0 Å². The lowest BCUT2D eigenvalue weighted by Gasteiger charge is -2.30. The topological polar surface area (TPSA) is 65.0 Å². The maximum absolute atomic E-state index is 14.7. The van der Waals surface area contributed by atoms with E-state index in [1.807, 2.05) is 24.3 Å². The average Bonchev–Trinajstić information content (AvgIpc) is 3.30. The van der Waals surface area contributed by atoms with E-state index >= 15 is 0 Å². The van der Waals surface area contributed by atoms with Crippen molar-refractivity contribution in [2.75, 3.05) is 37.6 Å². The number of anilines is 1. The fourth-order valence-corrected chi connectivity index (χ4v) is 5.15. The lowest BCUT2D eigenvalue weighted by Crippen LogP contribution is -2.48. The van der Waals surface area contributed by atoms with Crippen molar-refractivity contribution in [1.82, 2.24) is 10.2 Å². The lowest BCUT2D eigenvalue weighted by molar-refractivity contribution is -0.126. The van der Waals surface area contributed by atoms with Crippen molar-refractivity contribution >= 4 is 23.2 Å². The molecule has 1 aliphatic carbocycles. The molecule has 3 atom stereocenters. The Morgan fingerprint density at radius 1 is 1.11 bits per heavy atom.